The van der Waals surface area contributed by atoms with Gasteiger partial charge in [-0.2, -0.15) is 0 Å². The van der Waals surface area contributed by atoms with E-state index in [-0.39, 0.29) is 23.4 Å². The number of fused-ring (bicyclic) bond motifs is 1. The number of hydrogen-bond acceptors (Lipinski definition) is 9. The molecule has 3 aromatic rings. The molecule has 0 spiro atoms. The number of carbonyl (C=O) groups is 1. The second-order valence-electron chi connectivity index (χ2n) is 11.6. The molecule has 3 atom stereocenters. The second kappa shape index (κ2) is 10.1. The van der Waals surface area contributed by atoms with Crippen molar-refractivity contribution in [1.82, 2.24) is 14.5 Å². The molecular formula is C28H33FN6O5S. The second-order valence-corrected chi connectivity index (χ2v) is 13.5. The van der Waals surface area contributed by atoms with Crippen molar-refractivity contribution in [3.8, 4) is 0 Å². The Balaban J connectivity index is 1.44. The number of nitrogens with zero attached hydrogens (tertiary/aromatic N) is 4. The number of aromatic nitrogens is 3. The fraction of sp³-hybridized carbons (Fsp3) is 0.500. The van der Waals surface area contributed by atoms with E-state index in [2.05, 4.69) is 20.6 Å². The molecule has 41 heavy (non-hydrogen) atoms. The number of ether oxygens (including phenoxy) is 2. The third kappa shape index (κ3) is 5.52. The van der Waals surface area contributed by atoms with Crippen LogP contribution in [0.5, 0.6) is 0 Å². The average molecular weight is 585 g/mol. The molecule has 1 saturated carbocycles. The van der Waals surface area contributed by atoms with Crippen LogP contribution < -0.4 is 10.6 Å². The van der Waals surface area contributed by atoms with E-state index in [9.17, 15) is 17.6 Å². The lowest BCUT2D eigenvalue weighted by atomic mass is 10.1. The smallest absolute Gasteiger partial charge is 0.231 e. The highest BCUT2D eigenvalue weighted by Crippen LogP contribution is 2.37. The van der Waals surface area contributed by atoms with Gasteiger partial charge < -0.3 is 20.1 Å². The van der Waals surface area contributed by atoms with Gasteiger partial charge in [-0.25, -0.2) is 27.8 Å². The molecule has 1 saturated heterocycles. The Hall–Kier alpha value is -3.58. The third-order valence-corrected chi connectivity index (χ3v) is 8.57. The number of imidazole rings is 1. The molecule has 0 bridgehead atoms. The zero-order valence-electron chi connectivity index (χ0n) is 23.4. The zero-order chi connectivity index (χ0) is 29.1. The van der Waals surface area contributed by atoms with Gasteiger partial charge in [0, 0.05) is 24.5 Å². The van der Waals surface area contributed by atoms with Crippen molar-refractivity contribution >= 4 is 50.0 Å². The van der Waals surface area contributed by atoms with Crippen LogP contribution in [0.3, 0.4) is 0 Å². The van der Waals surface area contributed by atoms with Gasteiger partial charge in [0.05, 0.1) is 27.7 Å². The number of pyridine rings is 1. The minimum Gasteiger partial charge on any atom is -0.475 e. The number of nitrogens with one attached hydrogen (secondary N) is 2. The van der Waals surface area contributed by atoms with Crippen LogP contribution in [-0.2, 0) is 24.1 Å². The van der Waals surface area contributed by atoms with Crippen LogP contribution in [0.15, 0.2) is 34.2 Å². The lowest BCUT2D eigenvalue weighted by molar-refractivity contribution is -0.117. The van der Waals surface area contributed by atoms with Crippen LogP contribution in [0.25, 0.3) is 11.2 Å². The first-order valence-corrected chi connectivity index (χ1v) is 15.6. The molecule has 1 unspecified atom stereocenters. The summed E-state index contributed by atoms with van der Waals surface area (Å²) >= 11 is 0. The van der Waals surface area contributed by atoms with E-state index in [1.807, 2.05) is 25.3 Å². The summed E-state index contributed by atoms with van der Waals surface area (Å²) < 4.78 is 53.1. The first kappa shape index (κ1) is 27.6. The monoisotopic (exact) mass is 584 g/mol. The number of aliphatic imine (C=N–C) groups is 1. The molecule has 2 aromatic heterocycles. The third-order valence-electron chi connectivity index (χ3n) is 7.43. The lowest BCUT2D eigenvalue weighted by Gasteiger charge is -2.25. The highest BCUT2D eigenvalue weighted by atomic mass is 32.2. The first-order valence-electron chi connectivity index (χ1n) is 13.7. The molecular weight excluding hydrogens is 551 g/mol. The number of carbonyl (C=O) groups excluding carboxylic acids is 1. The molecule has 218 valence electrons. The Kier molecular flexibility index (Phi) is 6.76. The van der Waals surface area contributed by atoms with E-state index >= 15 is 0 Å². The predicted octanol–water partition coefficient (Wildman–Crippen LogP) is 4.44. The summed E-state index contributed by atoms with van der Waals surface area (Å²) in [5.41, 5.74) is 1.85. The molecule has 4 heterocycles. The quantitative estimate of drug-likeness (QED) is 0.416. The Labute approximate surface area is 237 Å². The summed E-state index contributed by atoms with van der Waals surface area (Å²) in [7, 11) is -3.69. The van der Waals surface area contributed by atoms with E-state index < -0.39 is 33.4 Å². The standard InChI is InChI=1S/C28H33FN6O5S/c1-15-30-24-20(31-19-9-8-16(11-21(19)41(4,37)38)27-34-28(2,3)14-40-27)13-22(33-26(36)17-12-18(17)29)32-25(24)35(15)23-7-5-6-10-39-23/h8-9,11,13,17-18,23H,5-7,10,12,14H2,1-4H3,(H2,31,32,33,36)/t17-,18+,23?/m0/s1. The van der Waals surface area contributed by atoms with E-state index in [1.165, 1.54) is 6.07 Å². The number of alkyl halides is 1. The zero-order valence-corrected chi connectivity index (χ0v) is 24.2. The minimum absolute atomic E-state index is 0.0478. The van der Waals surface area contributed by atoms with Crippen LogP contribution in [0.2, 0.25) is 0 Å². The van der Waals surface area contributed by atoms with Crippen LogP contribution in [0.1, 0.15) is 57.1 Å². The molecule has 0 radical (unpaired) electrons. The van der Waals surface area contributed by atoms with Gasteiger partial charge in [-0.3, -0.25) is 9.36 Å². The van der Waals surface area contributed by atoms with Crippen molar-refractivity contribution in [1.29, 1.82) is 0 Å². The average Bonchev–Trinajstić information content (AvgIpc) is 3.39. The fourth-order valence-electron chi connectivity index (χ4n) is 5.20. The largest absolute Gasteiger partial charge is 0.475 e. The predicted molar refractivity (Wildman–Crippen MR) is 152 cm³/mol. The summed E-state index contributed by atoms with van der Waals surface area (Å²) in [6, 6.07) is 6.51. The summed E-state index contributed by atoms with van der Waals surface area (Å²) in [5.74, 6) is 0.0979. The van der Waals surface area contributed by atoms with E-state index in [0.717, 1.165) is 25.5 Å². The number of sulfone groups is 1. The Morgan fingerprint density at radius 3 is 2.59 bits per heavy atom. The van der Waals surface area contributed by atoms with Gasteiger partial charge in [-0.1, -0.05) is 0 Å². The van der Waals surface area contributed by atoms with Crippen molar-refractivity contribution in [3.05, 3.63) is 35.7 Å². The van der Waals surface area contributed by atoms with Crippen LogP contribution in [-0.4, -0.2) is 65.9 Å². The molecule has 11 nitrogen and oxygen atoms in total. The van der Waals surface area contributed by atoms with Crippen molar-refractivity contribution in [2.45, 2.75) is 69.3 Å². The summed E-state index contributed by atoms with van der Waals surface area (Å²) in [5, 5.41) is 5.95. The maximum atomic E-state index is 13.6. The number of halogens is 1. The maximum Gasteiger partial charge on any atom is 0.231 e. The highest BCUT2D eigenvalue weighted by Gasteiger charge is 2.44. The highest BCUT2D eigenvalue weighted by molar-refractivity contribution is 7.90. The Morgan fingerprint density at radius 2 is 1.95 bits per heavy atom. The SMILES string of the molecule is Cc1nc2c(Nc3ccc(C4=NC(C)(C)CO4)cc3S(C)(=O)=O)cc(NC(=O)[C@H]3C[C@H]3F)nc2n1C1CCCCO1. The van der Waals surface area contributed by atoms with Gasteiger partial charge >= 0.3 is 0 Å². The normalized spacial score (nSPS) is 23.6. The van der Waals surface area contributed by atoms with E-state index in [4.69, 9.17) is 14.5 Å². The Bertz CT molecular complexity index is 1680. The minimum atomic E-state index is -3.69. The van der Waals surface area contributed by atoms with Gasteiger partial charge in [-0.05, 0) is 64.7 Å². The van der Waals surface area contributed by atoms with Gasteiger partial charge in [0.15, 0.2) is 15.5 Å². The summed E-state index contributed by atoms with van der Waals surface area (Å²) in [6.45, 7) is 6.74. The number of benzene rings is 1. The lowest BCUT2D eigenvalue weighted by Crippen LogP contribution is -2.20. The van der Waals surface area contributed by atoms with Crippen molar-refractivity contribution in [2.75, 3.05) is 30.1 Å². The molecule has 1 aliphatic carbocycles. The first-order chi connectivity index (χ1) is 19.4. The van der Waals surface area contributed by atoms with Crippen LogP contribution in [0, 0.1) is 12.8 Å². The van der Waals surface area contributed by atoms with Gasteiger partial charge in [0.2, 0.25) is 11.8 Å². The molecule has 3 aliphatic rings. The van der Waals surface area contributed by atoms with Gasteiger partial charge in [-0.15, -0.1) is 0 Å². The van der Waals surface area contributed by atoms with Gasteiger partial charge in [0.25, 0.3) is 0 Å². The number of anilines is 3. The Morgan fingerprint density at radius 1 is 1.17 bits per heavy atom. The van der Waals surface area contributed by atoms with E-state index in [0.29, 0.717) is 53.0 Å². The maximum absolute atomic E-state index is 13.6. The summed E-state index contributed by atoms with van der Waals surface area (Å²) in [6.07, 6.45) is 2.62. The topological polar surface area (TPSA) is 137 Å². The summed E-state index contributed by atoms with van der Waals surface area (Å²) in [4.78, 5) is 26.7. The van der Waals surface area contributed by atoms with Crippen LogP contribution in [0.4, 0.5) is 21.6 Å². The number of rotatable bonds is 7. The number of amides is 1. The molecule has 1 aromatic carbocycles. The molecule has 6 rings (SSSR count). The van der Waals surface area contributed by atoms with Gasteiger partial charge in [0.1, 0.15) is 36.2 Å². The van der Waals surface area contributed by atoms with Crippen molar-refractivity contribution in [2.24, 2.45) is 10.9 Å². The fourth-order valence-corrected chi connectivity index (χ4v) is 6.06. The number of hydrogen-bond donors (Lipinski definition) is 2. The molecule has 2 aliphatic heterocycles. The molecule has 2 N–H and O–H groups in total. The molecule has 1 amide bonds. The van der Waals surface area contributed by atoms with Crippen molar-refractivity contribution in [3.63, 3.8) is 0 Å². The van der Waals surface area contributed by atoms with E-state index in [1.54, 1.807) is 18.2 Å². The van der Waals surface area contributed by atoms with Crippen LogP contribution >= 0.6 is 0 Å². The van der Waals surface area contributed by atoms with Crippen molar-refractivity contribution < 1.29 is 27.1 Å². The molecule has 13 heteroatoms. The molecule has 2 fully saturated rings. The number of aryl methyl sites for hydroxylation is 1.